The molecule has 0 spiro atoms. The third kappa shape index (κ3) is 4.45. The number of carbonyl (C=O) groups excluding carboxylic acids is 2. The lowest BCUT2D eigenvalue weighted by Crippen LogP contribution is -2.49. The summed E-state index contributed by atoms with van der Waals surface area (Å²) in [7, 11) is 0. The minimum absolute atomic E-state index is 0.0208. The maximum atomic E-state index is 12.7. The van der Waals surface area contributed by atoms with Gasteiger partial charge in [-0.1, -0.05) is 30.3 Å². The lowest BCUT2D eigenvalue weighted by atomic mass is 9.75. The van der Waals surface area contributed by atoms with Crippen LogP contribution in [0.25, 0.3) is 0 Å². The molecule has 3 rings (SSSR count). The minimum atomic E-state index is -0.265. The fraction of sp³-hybridized carbons (Fsp3) is 0.476. The third-order valence-electron chi connectivity index (χ3n) is 5.39. The zero-order valence-electron chi connectivity index (χ0n) is 16.1. The molecule has 1 amide bonds. The molecule has 0 unspecified atom stereocenters. The molecule has 2 aromatic rings. The second-order valence-corrected chi connectivity index (χ2v) is 7.51. The Labute approximate surface area is 159 Å². The fourth-order valence-corrected chi connectivity index (χ4v) is 3.91. The van der Waals surface area contributed by atoms with Gasteiger partial charge in [0.2, 0.25) is 5.91 Å². The van der Waals surface area contributed by atoms with Crippen LogP contribution in [-0.4, -0.2) is 38.7 Å². The Morgan fingerprint density at radius 1 is 1.26 bits per heavy atom. The summed E-state index contributed by atoms with van der Waals surface area (Å²) in [4.78, 5) is 24.4. The number of nitrogens with one attached hydrogen (secondary N) is 1. The van der Waals surface area contributed by atoms with Gasteiger partial charge in [-0.2, -0.15) is 5.10 Å². The molecule has 1 saturated carbocycles. The van der Waals surface area contributed by atoms with Crippen LogP contribution in [-0.2, 0) is 17.8 Å². The van der Waals surface area contributed by atoms with Crippen molar-refractivity contribution >= 4 is 11.7 Å². The number of amides is 1. The molecule has 6 heteroatoms. The Hall–Kier alpha value is -2.47. The van der Waals surface area contributed by atoms with Crippen molar-refractivity contribution in [1.29, 1.82) is 0 Å². The number of aromatic nitrogens is 2. The summed E-state index contributed by atoms with van der Waals surface area (Å²) in [5.74, 6) is 0.109. The van der Waals surface area contributed by atoms with Crippen molar-refractivity contribution in [3.8, 4) is 0 Å². The van der Waals surface area contributed by atoms with E-state index < -0.39 is 0 Å². The number of hydrogen-bond acceptors (Lipinski definition) is 4. The first-order chi connectivity index (χ1) is 12.8. The van der Waals surface area contributed by atoms with Gasteiger partial charge in [-0.15, -0.1) is 0 Å². The van der Waals surface area contributed by atoms with Gasteiger partial charge in [0.1, 0.15) is 6.54 Å². The van der Waals surface area contributed by atoms with Crippen LogP contribution in [0.3, 0.4) is 0 Å². The van der Waals surface area contributed by atoms with Crippen LogP contribution in [0.15, 0.2) is 30.3 Å². The second-order valence-electron chi connectivity index (χ2n) is 7.51. The predicted molar refractivity (Wildman–Crippen MR) is 103 cm³/mol. The molecule has 1 aromatic carbocycles. The molecule has 1 atom stereocenters. The molecular formula is C21H27N3O3. The zero-order valence-corrected chi connectivity index (χ0v) is 16.1. The molecule has 1 aliphatic rings. The molecule has 1 fully saturated rings. The van der Waals surface area contributed by atoms with Crippen molar-refractivity contribution in [2.24, 2.45) is 5.92 Å². The Kier molecular flexibility index (Phi) is 5.75. The molecule has 6 nitrogen and oxygen atoms in total. The van der Waals surface area contributed by atoms with Crippen molar-refractivity contribution in [3.63, 3.8) is 0 Å². The summed E-state index contributed by atoms with van der Waals surface area (Å²) < 4.78 is 1.59. The zero-order chi connectivity index (χ0) is 19.6. The van der Waals surface area contributed by atoms with E-state index in [0.717, 1.165) is 12.0 Å². The molecule has 27 heavy (non-hydrogen) atoms. The van der Waals surface area contributed by atoms with Gasteiger partial charge in [-0.3, -0.25) is 14.3 Å². The Morgan fingerprint density at radius 3 is 2.48 bits per heavy atom. The van der Waals surface area contributed by atoms with Crippen molar-refractivity contribution < 1.29 is 14.7 Å². The Bertz CT molecular complexity index is 823. The average Bonchev–Trinajstić information content (AvgIpc) is 2.86. The Morgan fingerprint density at radius 2 is 1.93 bits per heavy atom. The van der Waals surface area contributed by atoms with Crippen molar-refractivity contribution in [2.45, 2.75) is 58.7 Å². The summed E-state index contributed by atoms with van der Waals surface area (Å²) in [6.07, 6.45) is 1.90. The minimum Gasteiger partial charge on any atom is -0.393 e. The molecule has 0 saturated heterocycles. The number of hydrogen-bond donors (Lipinski definition) is 2. The van der Waals surface area contributed by atoms with E-state index in [-0.39, 0.29) is 36.3 Å². The van der Waals surface area contributed by atoms with Gasteiger partial charge in [-0.25, -0.2) is 0 Å². The number of aliphatic hydroxyl groups excluding tert-OH is 1. The van der Waals surface area contributed by atoms with E-state index in [0.29, 0.717) is 29.8 Å². The molecule has 1 heterocycles. The van der Waals surface area contributed by atoms with E-state index in [4.69, 9.17) is 0 Å². The van der Waals surface area contributed by atoms with E-state index in [1.807, 2.05) is 37.3 Å². The summed E-state index contributed by atoms with van der Waals surface area (Å²) >= 11 is 0. The summed E-state index contributed by atoms with van der Waals surface area (Å²) in [5, 5.41) is 17.1. The second kappa shape index (κ2) is 8.05. The molecule has 0 bridgehead atoms. The monoisotopic (exact) mass is 369 g/mol. The SMILES string of the molecule is CC(=O)c1c(C)nn(CC(=O)N[C@@H](Cc2ccccc2)C2CC(O)C2)c1C. The number of rotatable bonds is 7. The average molecular weight is 369 g/mol. The van der Waals surface area contributed by atoms with Gasteiger partial charge in [0.25, 0.3) is 0 Å². The summed E-state index contributed by atoms with van der Waals surface area (Å²) in [6.45, 7) is 5.19. The number of aliphatic hydroxyl groups is 1. The van der Waals surface area contributed by atoms with Gasteiger partial charge < -0.3 is 10.4 Å². The number of carbonyl (C=O) groups is 2. The van der Waals surface area contributed by atoms with Gasteiger partial charge in [0.15, 0.2) is 5.78 Å². The largest absolute Gasteiger partial charge is 0.393 e. The molecule has 144 valence electrons. The van der Waals surface area contributed by atoms with Crippen LogP contribution < -0.4 is 5.32 Å². The highest BCUT2D eigenvalue weighted by atomic mass is 16.3. The van der Waals surface area contributed by atoms with Crippen LogP contribution in [0.4, 0.5) is 0 Å². The maximum Gasteiger partial charge on any atom is 0.241 e. The highest BCUT2D eigenvalue weighted by molar-refractivity contribution is 5.96. The number of aryl methyl sites for hydroxylation is 1. The Balaban J connectivity index is 1.69. The normalized spacial score (nSPS) is 20.0. The van der Waals surface area contributed by atoms with Crippen LogP contribution in [0.1, 0.15) is 47.1 Å². The third-order valence-corrected chi connectivity index (χ3v) is 5.39. The number of Topliss-reactive ketones (excluding diaryl/α,β-unsaturated/α-hetero) is 1. The lowest BCUT2D eigenvalue weighted by molar-refractivity contribution is -0.123. The van der Waals surface area contributed by atoms with Crippen molar-refractivity contribution in [2.75, 3.05) is 0 Å². The molecule has 2 N–H and O–H groups in total. The topological polar surface area (TPSA) is 84.2 Å². The van der Waals surface area contributed by atoms with Gasteiger partial charge in [0.05, 0.1) is 17.4 Å². The molecule has 0 aliphatic heterocycles. The lowest BCUT2D eigenvalue weighted by Gasteiger charge is -2.38. The summed E-state index contributed by atoms with van der Waals surface area (Å²) in [5.41, 5.74) is 3.12. The van der Waals surface area contributed by atoms with Crippen LogP contribution in [0.5, 0.6) is 0 Å². The first-order valence-electron chi connectivity index (χ1n) is 9.41. The maximum absolute atomic E-state index is 12.7. The van der Waals surface area contributed by atoms with Crippen LogP contribution in [0, 0.1) is 19.8 Å². The highest BCUT2D eigenvalue weighted by Gasteiger charge is 2.34. The van der Waals surface area contributed by atoms with Gasteiger partial charge in [-0.05, 0) is 51.5 Å². The van der Waals surface area contributed by atoms with Crippen LogP contribution >= 0.6 is 0 Å². The number of benzene rings is 1. The molecule has 1 aliphatic carbocycles. The molecule has 0 radical (unpaired) electrons. The number of ketones is 1. The van der Waals surface area contributed by atoms with E-state index in [1.165, 1.54) is 6.92 Å². The van der Waals surface area contributed by atoms with E-state index in [1.54, 1.807) is 11.6 Å². The first-order valence-corrected chi connectivity index (χ1v) is 9.41. The molecule has 1 aromatic heterocycles. The molecular weight excluding hydrogens is 342 g/mol. The first kappa shape index (κ1) is 19.3. The van der Waals surface area contributed by atoms with Crippen molar-refractivity contribution in [1.82, 2.24) is 15.1 Å². The standard InChI is InChI=1S/C21H27N3O3/c1-13-21(15(3)25)14(2)24(23-13)12-20(27)22-19(17-10-18(26)11-17)9-16-7-5-4-6-8-16/h4-8,17-19,26H,9-12H2,1-3H3,(H,22,27)/t17?,18?,19-/m0/s1. The fourth-order valence-electron chi connectivity index (χ4n) is 3.91. The number of nitrogens with zero attached hydrogens (tertiary/aromatic N) is 2. The highest BCUT2D eigenvalue weighted by Crippen LogP contribution is 2.31. The van der Waals surface area contributed by atoms with Crippen molar-refractivity contribution in [3.05, 3.63) is 52.8 Å². The quantitative estimate of drug-likeness (QED) is 0.733. The van der Waals surface area contributed by atoms with E-state index >= 15 is 0 Å². The predicted octanol–water partition coefficient (Wildman–Crippen LogP) is 2.20. The van der Waals surface area contributed by atoms with E-state index in [9.17, 15) is 14.7 Å². The van der Waals surface area contributed by atoms with Gasteiger partial charge in [0, 0.05) is 11.7 Å². The smallest absolute Gasteiger partial charge is 0.241 e. The van der Waals surface area contributed by atoms with Crippen LogP contribution in [0.2, 0.25) is 0 Å². The van der Waals surface area contributed by atoms with E-state index in [2.05, 4.69) is 10.4 Å². The van der Waals surface area contributed by atoms with Gasteiger partial charge >= 0.3 is 0 Å². The summed E-state index contributed by atoms with van der Waals surface area (Å²) in [6, 6.07) is 10.0.